The third kappa shape index (κ3) is 3.61. The Morgan fingerprint density at radius 1 is 1.52 bits per heavy atom. The second kappa shape index (κ2) is 6.42. The summed E-state index contributed by atoms with van der Waals surface area (Å²) in [6.07, 6.45) is 0. The molecule has 0 spiro atoms. The Balaban J connectivity index is 2.19. The predicted molar refractivity (Wildman–Crippen MR) is 78.5 cm³/mol. The van der Waals surface area contributed by atoms with Gasteiger partial charge in [0.05, 0.1) is 23.8 Å². The van der Waals surface area contributed by atoms with Gasteiger partial charge in [-0.05, 0) is 19.1 Å². The molecule has 0 aliphatic rings. The van der Waals surface area contributed by atoms with Gasteiger partial charge in [0.15, 0.2) is 5.78 Å². The van der Waals surface area contributed by atoms with Crippen molar-refractivity contribution in [3.05, 3.63) is 50.0 Å². The lowest BCUT2D eigenvalue weighted by atomic mass is 10.1. The lowest BCUT2D eigenvalue weighted by molar-refractivity contribution is -0.384. The highest BCUT2D eigenvalue weighted by atomic mass is 32.1. The quantitative estimate of drug-likeness (QED) is 0.482. The fourth-order valence-corrected chi connectivity index (χ4v) is 2.45. The zero-order chi connectivity index (χ0) is 15.4. The number of Topliss-reactive ketones (excluding diaryl/α,β-unsaturated/α-hetero) is 1. The third-order valence-corrected chi connectivity index (χ3v) is 3.69. The molecule has 0 aliphatic heterocycles. The second-order valence-electron chi connectivity index (χ2n) is 4.29. The van der Waals surface area contributed by atoms with E-state index in [2.05, 4.69) is 10.3 Å². The van der Waals surface area contributed by atoms with Gasteiger partial charge in [0.2, 0.25) is 0 Å². The van der Waals surface area contributed by atoms with Crippen molar-refractivity contribution in [2.24, 2.45) is 0 Å². The van der Waals surface area contributed by atoms with Crippen LogP contribution in [0.2, 0.25) is 0 Å². The predicted octanol–water partition coefficient (Wildman–Crippen LogP) is 2.36. The minimum Gasteiger partial charge on any atom is -0.390 e. The number of hydrogen-bond acceptors (Lipinski definition) is 7. The zero-order valence-electron chi connectivity index (χ0n) is 11.2. The number of nitro groups is 1. The number of aliphatic hydroxyl groups excluding tert-OH is 1. The SMILES string of the molecule is CC(=O)c1ccc(NCc2nc(CO)cs2)c([N+](=O)[O-])c1. The molecular weight excluding hydrogens is 294 g/mol. The molecule has 0 amide bonds. The molecule has 8 heteroatoms. The number of anilines is 1. The molecule has 0 saturated carbocycles. The summed E-state index contributed by atoms with van der Waals surface area (Å²) >= 11 is 1.36. The van der Waals surface area contributed by atoms with E-state index in [-0.39, 0.29) is 18.1 Å². The lowest BCUT2D eigenvalue weighted by Gasteiger charge is -2.06. The first-order chi connectivity index (χ1) is 10.0. The van der Waals surface area contributed by atoms with Crippen LogP contribution in [0.3, 0.4) is 0 Å². The summed E-state index contributed by atoms with van der Waals surface area (Å²) in [5, 5.41) is 25.4. The minimum atomic E-state index is -0.532. The summed E-state index contributed by atoms with van der Waals surface area (Å²) in [6, 6.07) is 4.31. The number of nitro benzene ring substituents is 1. The maximum atomic E-state index is 11.3. The number of hydrogen-bond donors (Lipinski definition) is 2. The molecule has 0 bridgehead atoms. The number of aromatic nitrogens is 1. The molecule has 1 heterocycles. The van der Waals surface area contributed by atoms with E-state index >= 15 is 0 Å². The van der Waals surface area contributed by atoms with Crippen molar-refractivity contribution >= 4 is 28.5 Å². The van der Waals surface area contributed by atoms with Gasteiger partial charge in [-0.2, -0.15) is 0 Å². The Hall–Kier alpha value is -2.32. The molecule has 1 aromatic heterocycles. The molecule has 7 nitrogen and oxygen atoms in total. The van der Waals surface area contributed by atoms with Crippen molar-refractivity contribution in [1.82, 2.24) is 4.98 Å². The molecule has 0 fully saturated rings. The Bertz CT molecular complexity index is 684. The maximum absolute atomic E-state index is 11.3. The number of ketones is 1. The maximum Gasteiger partial charge on any atom is 0.293 e. The van der Waals surface area contributed by atoms with Crippen molar-refractivity contribution in [3.63, 3.8) is 0 Å². The number of nitrogens with zero attached hydrogens (tertiary/aromatic N) is 2. The Morgan fingerprint density at radius 3 is 2.86 bits per heavy atom. The molecule has 0 atom stereocenters. The summed E-state index contributed by atoms with van der Waals surface area (Å²) < 4.78 is 0. The van der Waals surface area contributed by atoms with Gasteiger partial charge in [-0.15, -0.1) is 11.3 Å². The van der Waals surface area contributed by atoms with Crippen LogP contribution in [0.5, 0.6) is 0 Å². The molecule has 0 saturated heterocycles. The normalized spacial score (nSPS) is 10.4. The van der Waals surface area contributed by atoms with Crippen LogP contribution in [0.15, 0.2) is 23.6 Å². The first-order valence-electron chi connectivity index (χ1n) is 6.08. The average molecular weight is 307 g/mol. The van der Waals surface area contributed by atoms with E-state index in [1.54, 1.807) is 11.4 Å². The fraction of sp³-hybridized carbons (Fsp3) is 0.231. The third-order valence-electron chi connectivity index (χ3n) is 2.79. The van der Waals surface area contributed by atoms with Crippen LogP contribution >= 0.6 is 11.3 Å². The van der Waals surface area contributed by atoms with E-state index < -0.39 is 4.92 Å². The highest BCUT2D eigenvalue weighted by Gasteiger charge is 2.16. The van der Waals surface area contributed by atoms with Gasteiger partial charge >= 0.3 is 0 Å². The van der Waals surface area contributed by atoms with Crippen molar-refractivity contribution < 1.29 is 14.8 Å². The number of nitrogens with one attached hydrogen (secondary N) is 1. The number of carbonyl (C=O) groups excluding carboxylic acids is 1. The van der Waals surface area contributed by atoms with Gasteiger partial charge in [0.1, 0.15) is 10.7 Å². The molecule has 0 radical (unpaired) electrons. The van der Waals surface area contributed by atoms with Gasteiger partial charge < -0.3 is 10.4 Å². The largest absolute Gasteiger partial charge is 0.390 e. The standard InChI is InChI=1S/C13H13N3O4S/c1-8(18)9-2-3-11(12(4-9)16(19)20)14-5-13-15-10(6-17)7-21-13/h2-4,7,14,17H,5-6H2,1H3. The molecule has 1 aromatic carbocycles. The second-order valence-corrected chi connectivity index (χ2v) is 5.23. The number of aliphatic hydroxyl groups is 1. The summed E-state index contributed by atoms with van der Waals surface area (Å²) in [5.74, 6) is -0.225. The summed E-state index contributed by atoms with van der Waals surface area (Å²) in [6.45, 7) is 1.53. The van der Waals surface area contributed by atoms with E-state index in [1.807, 2.05) is 0 Å². The van der Waals surface area contributed by atoms with Gasteiger partial charge in [-0.25, -0.2) is 4.98 Å². The van der Waals surface area contributed by atoms with Crippen LogP contribution in [0.1, 0.15) is 28.0 Å². The van der Waals surface area contributed by atoms with Crippen LogP contribution < -0.4 is 5.32 Å². The highest BCUT2D eigenvalue weighted by molar-refractivity contribution is 7.09. The van der Waals surface area contributed by atoms with Gasteiger partial charge in [0.25, 0.3) is 5.69 Å². The molecule has 2 rings (SSSR count). The van der Waals surface area contributed by atoms with E-state index in [9.17, 15) is 14.9 Å². The van der Waals surface area contributed by atoms with Crippen LogP contribution in [0.4, 0.5) is 11.4 Å². The number of carbonyl (C=O) groups is 1. The fourth-order valence-electron chi connectivity index (χ4n) is 1.72. The van der Waals surface area contributed by atoms with Gasteiger partial charge in [0, 0.05) is 17.0 Å². The Kier molecular flexibility index (Phi) is 4.61. The number of thiazole rings is 1. The first kappa shape index (κ1) is 15.1. The molecular formula is C13H13N3O4S. The molecule has 110 valence electrons. The van der Waals surface area contributed by atoms with Crippen molar-refractivity contribution in [2.75, 3.05) is 5.32 Å². The van der Waals surface area contributed by atoms with E-state index in [0.717, 1.165) is 0 Å². The molecule has 2 aromatic rings. The molecule has 0 aliphatic carbocycles. The monoisotopic (exact) mass is 307 g/mol. The van der Waals surface area contributed by atoms with E-state index in [1.165, 1.54) is 30.4 Å². The first-order valence-corrected chi connectivity index (χ1v) is 6.96. The molecule has 21 heavy (non-hydrogen) atoms. The number of benzene rings is 1. The van der Waals surface area contributed by atoms with E-state index in [0.29, 0.717) is 28.5 Å². The van der Waals surface area contributed by atoms with Gasteiger partial charge in [-0.1, -0.05) is 0 Å². The van der Waals surface area contributed by atoms with Crippen molar-refractivity contribution in [3.8, 4) is 0 Å². The summed E-state index contributed by atoms with van der Waals surface area (Å²) in [4.78, 5) is 26.0. The summed E-state index contributed by atoms with van der Waals surface area (Å²) in [5.41, 5.74) is 1.04. The topological polar surface area (TPSA) is 105 Å². The highest BCUT2D eigenvalue weighted by Crippen LogP contribution is 2.26. The minimum absolute atomic E-state index is 0.135. The zero-order valence-corrected chi connectivity index (χ0v) is 12.0. The van der Waals surface area contributed by atoms with Crippen molar-refractivity contribution in [1.29, 1.82) is 0 Å². The average Bonchev–Trinajstić information content (AvgIpc) is 2.92. The Labute approximate surface area is 124 Å². The summed E-state index contributed by atoms with van der Waals surface area (Å²) in [7, 11) is 0. The molecule has 0 unspecified atom stereocenters. The van der Waals surface area contributed by atoms with Crippen LogP contribution in [0.25, 0.3) is 0 Å². The number of rotatable bonds is 6. The van der Waals surface area contributed by atoms with Crippen LogP contribution in [0, 0.1) is 10.1 Å². The Morgan fingerprint density at radius 2 is 2.29 bits per heavy atom. The van der Waals surface area contributed by atoms with Gasteiger partial charge in [-0.3, -0.25) is 14.9 Å². The van der Waals surface area contributed by atoms with Crippen molar-refractivity contribution in [2.45, 2.75) is 20.1 Å². The smallest absolute Gasteiger partial charge is 0.293 e. The van der Waals surface area contributed by atoms with E-state index in [4.69, 9.17) is 5.11 Å². The molecule has 2 N–H and O–H groups in total. The van der Waals surface area contributed by atoms with Crippen LogP contribution in [-0.4, -0.2) is 20.8 Å². The lowest BCUT2D eigenvalue weighted by Crippen LogP contribution is -2.04. The van der Waals surface area contributed by atoms with Crippen LogP contribution in [-0.2, 0) is 13.2 Å².